The molecule has 0 aliphatic heterocycles. The third-order valence-corrected chi connectivity index (χ3v) is 3.97. The normalized spacial score (nSPS) is 10.5. The highest BCUT2D eigenvalue weighted by Gasteiger charge is 2.13. The summed E-state index contributed by atoms with van der Waals surface area (Å²) in [5.74, 6) is 2.01. The second-order valence-corrected chi connectivity index (χ2v) is 6.06. The minimum absolute atomic E-state index is 0.00867. The third kappa shape index (κ3) is 4.64. The van der Waals surface area contributed by atoms with E-state index in [-0.39, 0.29) is 12.5 Å². The number of benzene rings is 2. The van der Waals surface area contributed by atoms with Crippen molar-refractivity contribution in [1.82, 2.24) is 4.90 Å². The lowest BCUT2D eigenvalue weighted by molar-refractivity contribution is -0.132. The van der Waals surface area contributed by atoms with E-state index in [1.807, 2.05) is 66.7 Å². The summed E-state index contributed by atoms with van der Waals surface area (Å²) in [7, 11) is 1.72. The number of halogens is 1. The molecule has 0 atom stereocenters. The van der Waals surface area contributed by atoms with Gasteiger partial charge in [0.2, 0.25) is 0 Å². The van der Waals surface area contributed by atoms with Crippen LogP contribution in [0.4, 0.5) is 0 Å². The van der Waals surface area contributed by atoms with Crippen molar-refractivity contribution in [1.29, 1.82) is 0 Å². The molecule has 2 aromatic carbocycles. The molecule has 5 heteroatoms. The van der Waals surface area contributed by atoms with Crippen LogP contribution in [-0.4, -0.2) is 24.5 Å². The Morgan fingerprint density at radius 1 is 1.04 bits per heavy atom. The Morgan fingerprint density at radius 2 is 1.76 bits per heavy atom. The first kappa shape index (κ1) is 17.1. The topological polar surface area (TPSA) is 42.7 Å². The van der Waals surface area contributed by atoms with Crippen LogP contribution in [0.15, 0.2) is 71.1 Å². The standard InChI is InChI=1S/C20H18ClNO3/c1-22(20(23)14-24-17-5-3-2-4-6-17)13-18-11-12-19(25-18)15-7-9-16(21)10-8-15/h2-12H,13-14H2,1H3. The maximum absolute atomic E-state index is 12.2. The maximum Gasteiger partial charge on any atom is 0.260 e. The molecule has 4 nitrogen and oxygen atoms in total. The third-order valence-electron chi connectivity index (χ3n) is 3.71. The molecule has 3 rings (SSSR count). The van der Waals surface area contributed by atoms with Gasteiger partial charge in [0.1, 0.15) is 17.3 Å². The van der Waals surface area contributed by atoms with Gasteiger partial charge in [0, 0.05) is 17.6 Å². The molecule has 0 radical (unpaired) electrons. The number of carbonyl (C=O) groups is 1. The SMILES string of the molecule is CN(Cc1ccc(-c2ccc(Cl)cc2)o1)C(=O)COc1ccccc1. The molecule has 0 fully saturated rings. The van der Waals surface area contributed by atoms with Crippen LogP contribution in [0.1, 0.15) is 5.76 Å². The van der Waals surface area contributed by atoms with E-state index in [1.54, 1.807) is 11.9 Å². The molecule has 0 saturated heterocycles. The summed E-state index contributed by atoms with van der Waals surface area (Å²) < 4.78 is 11.3. The molecule has 128 valence electrons. The largest absolute Gasteiger partial charge is 0.484 e. The van der Waals surface area contributed by atoms with Crippen molar-refractivity contribution in [3.05, 3.63) is 77.5 Å². The number of likely N-dealkylation sites (N-methyl/N-ethyl adjacent to an activating group) is 1. The highest BCUT2D eigenvalue weighted by atomic mass is 35.5. The second-order valence-electron chi connectivity index (χ2n) is 5.62. The number of hydrogen-bond acceptors (Lipinski definition) is 3. The van der Waals surface area contributed by atoms with Gasteiger partial charge in [0.25, 0.3) is 5.91 Å². The van der Waals surface area contributed by atoms with Crippen molar-refractivity contribution < 1.29 is 13.9 Å². The van der Waals surface area contributed by atoms with Gasteiger partial charge in [-0.2, -0.15) is 0 Å². The first-order chi connectivity index (χ1) is 12.1. The van der Waals surface area contributed by atoms with Crippen LogP contribution < -0.4 is 4.74 Å². The molecule has 0 aliphatic carbocycles. The molecule has 1 heterocycles. The number of carbonyl (C=O) groups excluding carboxylic acids is 1. The quantitative estimate of drug-likeness (QED) is 0.647. The van der Waals surface area contributed by atoms with Crippen LogP contribution in [0.2, 0.25) is 5.02 Å². The fourth-order valence-electron chi connectivity index (χ4n) is 2.33. The van der Waals surface area contributed by atoms with Crippen molar-refractivity contribution in [2.45, 2.75) is 6.54 Å². The van der Waals surface area contributed by atoms with Gasteiger partial charge in [0.05, 0.1) is 6.54 Å². The van der Waals surface area contributed by atoms with Crippen molar-refractivity contribution >= 4 is 17.5 Å². The average molecular weight is 356 g/mol. The van der Waals surface area contributed by atoms with E-state index < -0.39 is 0 Å². The second kappa shape index (κ2) is 7.90. The molecule has 25 heavy (non-hydrogen) atoms. The van der Waals surface area contributed by atoms with E-state index in [1.165, 1.54) is 0 Å². The summed E-state index contributed by atoms with van der Waals surface area (Å²) in [5.41, 5.74) is 0.942. The van der Waals surface area contributed by atoms with E-state index in [4.69, 9.17) is 20.8 Å². The minimum atomic E-state index is -0.117. The van der Waals surface area contributed by atoms with Gasteiger partial charge in [-0.15, -0.1) is 0 Å². The van der Waals surface area contributed by atoms with Crippen molar-refractivity contribution in [3.8, 4) is 17.1 Å². The predicted molar refractivity (Wildman–Crippen MR) is 97.6 cm³/mol. The minimum Gasteiger partial charge on any atom is -0.484 e. The van der Waals surface area contributed by atoms with E-state index in [2.05, 4.69) is 0 Å². The number of nitrogens with zero attached hydrogens (tertiary/aromatic N) is 1. The van der Waals surface area contributed by atoms with Crippen LogP contribution in [0.5, 0.6) is 5.75 Å². The number of rotatable bonds is 6. The van der Waals surface area contributed by atoms with Crippen molar-refractivity contribution in [2.75, 3.05) is 13.7 Å². The highest BCUT2D eigenvalue weighted by molar-refractivity contribution is 6.30. The average Bonchev–Trinajstić information content (AvgIpc) is 3.09. The zero-order chi connectivity index (χ0) is 17.6. The molecular formula is C20H18ClNO3. The lowest BCUT2D eigenvalue weighted by Crippen LogP contribution is -2.30. The Hall–Kier alpha value is -2.72. The van der Waals surface area contributed by atoms with Crippen LogP contribution in [-0.2, 0) is 11.3 Å². The van der Waals surface area contributed by atoms with E-state index >= 15 is 0 Å². The zero-order valence-corrected chi connectivity index (χ0v) is 14.6. The molecule has 0 aliphatic rings. The van der Waals surface area contributed by atoms with Crippen molar-refractivity contribution in [2.24, 2.45) is 0 Å². The smallest absolute Gasteiger partial charge is 0.260 e. The summed E-state index contributed by atoms with van der Waals surface area (Å²) in [6, 6.07) is 20.4. The Morgan fingerprint density at radius 3 is 2.48 bits per heavy atom. The molecule has 0 bridgehead atoms. The number of furan rings is 1. The van der Waals surface area contributed by atoms with E-state index in [0.717, 1.165) is 11.3 Å². The predicted octanol–water partition coefficient (Wildman–Crippen LogP) is 4.64. The lowest BCUT2D eigenvalue weighted by atomic mass is 10.2. The molecule has 0 saturated carbocycles. The fourth-order valence-corrected chi connectivity index (χ4v) is 2.45. The van der Waals surface area contributed by atoms with Gasteiger partial charge in [0.15, 0.2) is 6.61 Å². The number of para-hydroxylation sites is 1. The maximum atomic E-state index is 12.2. The van der Waals surface area contributed by atoms with Crippen LogP contribution >= 0.6 is 11.6 Å². The summed E-state index contributed by atoms with van der Waals surface area (Å²) in [4.78, 5) is 13.8. The highest BCUT2D eigenvalue weighted by Crippen LogP contribution is 2.24. The summed E-state index contributed by atoms with van der Waals surface area (Å²) in [6.45, 7) is 0.371. The van der Waals surface area contributed by atoms with Crippen LogP contribution in [0, 0.1) is 0 Å². The van der Waals surface area contributed by atoms with Gasteiger partial charge >= 0.3 is 0 Å². The van der Waals surface area contributed by atoms with E-state index in [0.29, 0.717) is 23.1 Å². The monoisotopic (exact) mass is 355 g/mol. The molecule has 3 aromatic rings. The van der Waals surface area contributed by atoms with Gasteiger partial charge in [-0.3, -0.25) is 4.79 Å². The molecule has 0 N–H and O–H groups in total. The number of hydrogen-bond donors (Lipinski definition) is 0. The van der Waals surface area contributed by atoms with Gasteiger partial charge in [-0.1, -0.05) is 29.8 Å². The molecule has 1 amide bonds. The fraction of sp³-hybridized carbons (Fsp3) is 0.150. The Kier molecular flexibility index (Phi) is 5.41. The van der Waals surface area contributed by atoms with Crippen molar-refractivity contribution in [3.63, 3.8) is 0 Å². The first-order valence-electron chi connectivity index (χ1n) is 7.88. The molecule has 1 aromatic heterocycles. The Labute approximate surface area is 151 Å². The van der Waals surface area contributed by atoms with Gasteiger partial charge in [-0.25, -0.2) is 0 Å². The first-order valence-corrected chi connectivity index (χ1v) is 8.26. The lowest BCUT2D eigenvalue weighted by Gasteiger charge is -2.16. The number of ether oxygens (including phenoxy) is 1. The summed E-state index contributed by atoms with van der Waals surface area (Å²) in [5, 5.41) is 0.680. The van der Waals surface area contributed by atoms with Gasteiger partial charge < -0.3 is 14.1 Å². The van der Waals surface area contributed by atoms with Crippen LogP contribution in [0.25, 0.3) is 11.3 Å². The molecule has 0 unspecified atom stereocenters. The zero-order valence-electron chi connectivity index (χ0n) is 13.8. The van der Waals surface area contributed by atoms with Crippen LogP contribution in [0.3, 0.4) is 0 Å². The van der Waals surface area contributed by atoms with E-state index in [9.17, 15) is 4.79 Å². The molecular weight excluding hydrogens is 338 g/mol. The van der Waals surface area contributed by atoms with Gasteiger partial charge in [-0.05, 0) is 48.5 Å². The Bertz CT molecular complexity index is 828. The molecule has 0 spiro atoms. The summed E-state index contributed by atoms with van der Waals surface area (Å²) >= 11 is 5.90. The summed E-state index contributed by atoms with van der Waals surface area (Å²) in [6.07, 6.45) is 0. The number of amides is 1. The Balaban J connectivity index is 1.56.